The summed E-state index contributed by atoms with van der Waals surface area (Å²) in [5.41, 5.74) is 2.77. The Kier molecular flexibility index (Phi) is 3.02. The number of ketones is 1. The normalized spacial score (nSPS) is 25.8. The van der Waals surface area contributed by atoms with Gasteiger partial charge < -0.3 is 18.9 Å². The molecule has 2 aromatic carbocycles. The van der Waals surface area contributed by atoms with E-state index in [2.05, 4.69) is 13.0 Å². The van der Waals surface area contributed by atoms with Gasteiger partial charge in [-0.3, -0.25) is 4.79 Å². The van der Waals surface area contributed by atoms with Crippen LogP contribution < -0.4 is 18.9 Å². The van der Waals surface area contributed by atoms with E-state index in [0.29, 0.717) is 11.5 Å². The monoisotopic (exact) mass is 338 g/mol. The van der Waals surface area contributed by atoms with Crippen LogP contribution in [0.3, 0.4) is 0 Å². The second-order valence-electron chi connectivity index (χ2n) is 6.86. The van der Waals surface area contributed by atoms with Crippen LogP contribution in [-0.4, -0.2) is 19.4 Å². The summed E-state index contributed by atoms with van der Waals surface area (Å²) >= 11 is 0. The van der Waals surface area contributed by atoms with Crippen molar-refractivity contribution in [1.29, 1.82) is 0 Å². The van der Waals surface area contributed by atoms with Crippen molar-refractivity contribution in [2.75, 3.05) is 13.6 Å². The number of fused-ring (bicyclic) bond motifs is 4. The number of hydrogen-bond acceptors (Lipinski definition) is 5. The highest BCUT2D eigenvalue weighted by molar-refractivity contribution is 6.02. The van der Waals surface area contributed by atoms with Crippen molar-refractivity contribution in [3.63, 3.8) is 0 Å². The van der Waals surface area contributed by atoms with Gasteiger partial charge in [0.2, 0.25) is 13.6 Å². The molecule has 1 aliphatic carbocycles. The summed E-state index contributed by atoms with van der Waals surface area (Å²) in [6.45, 7) is 4.56. The molecule has 0 N–H and O–H groups in total. The number of carbonyl (C=O) groups is 1. The van der Waals surface area contributed by atoms with E-state index in [-0.39, 0.29) is 37.1 Å². The largest absolute Gasteiger partial charge is 0.454 e. The topological polar surface area (TPSA) is 54.0 Å². The fraction of sp³-hybridized carbons (Fsp3) is 0.350. The lowest BCUT2D eigenvalue weighted by Crippen LogP contribution is -2.32. The average molecular weight is 338 g/mol. The third-order valence-corrected chi connectivity index (χ3v) is 5.64. The first kappa shape index (κ1) is 14.6. The van der Waals surface area contributed by atoms with Crippen molar-refractivity contribution >= 4 is 5.78 Å². The van der Waals surface area contributed by atoms with Crippen LogP contribution in [0.15, 0.2) is 30.3 Å². The maximum Gasteiger partial charge on any atom is 0.231 e. The Morgan fingerprint density at radius 2 is 1.60 bits per heavy atom. The molecule has 25 heavy (non-hydrogen) atoms. The molecule has 3 atom stereocenters. The van der Waals surface area contributed by atoms with Crippen LogP contribution in [0.25, 0.3) is 0 Å². The second-order valence-corrected chi connectivity index (χ2v) is 6.86. The van der Waals surface area contributed by atoms with Crippen LogP contribution in [-0.2, 0) is 0 Å². The molecule has 0 unspecified atom stereocenters. The van der Waals surface area contributed by atoms with Crippen molar-refractivity contribution in [2.24, 2.45) is 11.8 Å². The number of Topliss-reactive ketones (excluding diaryl/α,β-unsaturated/α-hetero) is 1. The van der Waals surface area contributed by atoms with Crippen molar-refractivity contribution in [1.82, 2.24) is 0 Å². The third kappa shape index (κ3) is 1.98. The van der Waals surface area contributed by atoms with Crippen LogP contribution in [0.4, 0.5) is 0 Å². The zero-order valence-electron chi connectivity index (χ0n) is 14.1. The predicted octanol–water partition coefficient (Wildman–Crippen LogP) is 3.74. The number of rotatable bonds is 1. The molecule has 2 aliphatic heterocycles. The Hall–Kier alpha value is -2.69. The summed E-state index contributed by atoms with van der Waals surface area (Å²) in [4.78, 5) is 12.8. The van der Waals surface area contributed by atoms with E-state index >= 15 is 0 Å². The van der Waals surface area contributed by atoms with Gasteiger partial charge in [0.05, 0.1) is 0 Å². The highest BCUT2D eigenvalue weighted by Crippen LogP contribution is 2.52. The number of benzene rings is 2. The van der Waals surface area contributed by atoms with E-state index in [1.165, 1.54) is 0 Å². The number of ether oxygens (including phenoxy) is 4. The van der Waals surface area contributed by atoms with Gasteiger partial charge >= 0.3 is 0 Å². The maximum atomic E-state index is 12.8. The van der Waals surface area contributed by atoms with Crippen molar-refractivity contribution in [2.45, 2.75) is 19.8 Å². The molecule has 0 bridgehead atoms. The summed E-state index contributed by atoms with van der Waals surface area (Å²) in [7, 11) is 0. The van der Waals surface area contributed by atoms with Gasteiger partial charge in [-0.05, 0) is 35.7 Å². The minimum atomic E-state index is -0.0664. The third-order valence-electron chi connectivity index (χ3n) is 5.64. The zero-order chi connectivity index (χ0) is 17.1. The van der Waals surface area contributed by atoms with Crippen LogP contribution in [0.5, 0.6) is 23.0 Å². The molecule has 2 aromatic rings. The zero-order valence-corrected chi connectivity index (χ0v) is 14.1. The van der Waals surface area contributed by atoms with Gasteiger partial charge in [0, 0.05) is 23.0 Å². The maximum absolute atomic E-state index is 12.8. The van der Waals surface area contributed by atoms with Gasteiger partial charge in [0.15, 0.2) is 28.8 Å². The molecule has 0 amide bonds. The molecule has 0 saturated heterocycles. The first-order valence-electron chi connectivity index (χ1n) is 8.51. The van der Waals surface area contributed by atoms with Crippen molar-refractivity contribution < 1.29 is 23.7 Å². The Morgan fingerprint density at radius 3 is 2.48 bits per heavy atom. The lowest BCUT2D eigenvalue weighted by Gasteiger charge is -2.36. The molecule has 0 radical (unpaired) electrons. The van der Waals surface area contributed by atoms with Crippen LogP contribution >= 0.6 is 0 Å². The quantitative estimate of drug-likeness (QED) is 0.793. The van der Waals surface area contributed by atoms with E-state index in [4.69, 9.17) is 18.9 Å². The van der Waals surface area contributed by atoms with Crippen molar-refractivity contribution in [3.8, 4) is 23.0 Å². The summed E-state index contributed by atoms with van der Waals surface area (Å²) in [6.07, 6.45) is 0. The number of carbonyl (C=O) groups excluding carboxylic acids is 1. The fourth-order valence-electron chi connectivity index (χ4n) is 4.13. The molecule has 5 heteroatoms. The Morgan fingerprint density at radius 1 is 0.880 bits per heavy atom. The second kappa shape index (κ2) is 5.15. The Balaban J connectivity index is 1.73. The van der Waals surface area contributed by atoms with Crippen LogP contribution in [0.2, 0.25) is 0 Å². The molecule has 5 nitrogen and oxygen atoms in total. The minimum Gasteiger partial charge on any atom is -0.454 e. The first-order chi connectivity index (χ1) is 12.1. The van der Waals surface area contributed by atoms with E-state index < -0.39 is 0 Å². The van der Waals surface area contributed by atoms with E-state index in [0.717, 1.165) is 28.2 Å². The van der Waals surface area contributed by atoms with Crippen molar-refractivity contribution in [3.05, 3.63) is 47.0 Å². The molecule has 0 aromatic heterocycles. The summed E-state index contributed by atoms with van der Waals surface area (Å²) in [5.74, 6) is 3.19. The van der Waals surface area contributed by atoms with Gasteiger partial charge in [-0.2, -0.15) is 0 Å². The highest BCUT2D eigenvalue weighted by atomic mass is 16.7. The van der Waals surface area contributed by atoms with Gasteiger partial charge in [0.25, 0.3) is 0 Å². The molecule has 0 saturated carbocycles. The van der Waals surface area contributed by atoms with Gasteiger partial charge in [-0.1, -0.05) is 19.9 Å². The van der Waals surface area contributed by atoms with E-state index in [1.807, 2.05) is 31.2 Å². The van der Waals surface area contributed by atoms with Gasteiger partial charge in [0.1, 0.15) is 0 Å². The van der Waals surface area contributed by atoms with Crippen LogP contribution in [0, 0.1) is 11.8 Å². The number of hydrogen-bond donors (Lipinski definition) is 0. The minimum absolute atomic E-state index is 0.0360. The van der Waals surface area contributed by atoms with E-state index in [9.17, 15) is 4.79 Å². The van der Waals surface area contributed by atoms with E-state index in [1.54, 1.807) is 0 Å². The molecule has 0 fully saturated rings. The standard InChI is InChI=1S/C20H18O5/c1-10-11(2)19(21)13-4-6-15-20(25-9-23-15)18(13)17(10)12-3-5-14-16(7-12)24-8-22-14/h3-7,10-11,17H,8-9H2,1-2H3/t10-,11+,17-/m1/s1. The molecule has 3 aliphatic rings. The Bertz CT molecular complexity index is 888. The van der Waals surface area contributed by atoms with Gasteiger partial charge in [-0.15, -0.1) is 0 Å². The van der Waals surface area contributed by atoms with Crippen LogP contribution in [0.1, 0.15) is 41.3 Å². The summed E-state index contributed by atoms with van der Waals surface area (Å²) in [6, 6.07) is 9.71. The summed E-state index contributed by atoms with van der Waals surface area (Å²) in [5, 5.41) is 0. The lowest BCUT2D eigenvalue weighted by atomic mass is 9.67. The summed E-state index contributed by atoms with van der Waals surface area (Å²) < 4.78 is 22.3. The molecule has 5 rings (SSSR count). The first-order valence-corrected chi connectivity index (χ1v) is 8.51. The molecule has 2 heterocycles. The smallest absolute Gasteiger partial charge is 0.231 e. The Labute approximate surface area is 145 Å². The predicted molar refractivity (Wildman–Crippen MR) is 89.6 cm³/mol. The fourth-order valence-corrected chi connectivity index (χ4v) is 4.13. The molecule has 0 spiro atoms. The van der Waals surface area contributed by atoms with Gasteiger partial charge in [-0.25, -0.2) is 0 Å². The molecule has 128 valence electrons. The SMILES string of the molecule is C[C@H]1[C@H](c2ccc3c(c2)OCO3)c2c(ccc3c2OCO3)C(=O)[C@H]1C. The average Bonchev–Trinajstić information content (AvgIpc) is 3.28. The highest BCUT2D eigenvalue weighted by Gasteiger charge is 2.42. The molecular formula is C20H18O5. The molecular weight excluding hydrogens is 320 g/mol. The lowest BCUT2D eigenvalue weighted by molar-refractivity contribution is 0.0864.